The average Bonchev–Trinajstić information content (AvgIpc) is 2.98. The van der Waals surface area contributed by atoms with E-state index < -0.39 is 30.5 Å². The Kier molecular flexibility index (Phi) is 8.51. The Morgan fingerprint density at radius 2 is 1.93 bits per heavy atom. The van der Waals surface area contributed by atoms with E-state index in [4.69, 9.17) is 18.9 Å². The first-order valence-corrected chi connectivity index (χ1v) is 9.56. The van der Waals surface area contributed by atoms with Gasteiger partial charge in [0.05, 0.1) is 20.3 Å². The maximum Gasteiger partial charge on any atom is 0.331 e. The zero-order valence-corrected chi connectivity index (χ0v) is 16.9. The van der Waals surface area contributed by atoms with Crippen LogP contribution in [0.4, 0.5) is 0 Å². The smallest absolute Gasteiger partial charge is 0.331 e. The third-order valence-electron chi connectivity index (χ3n) is 4.51. The molecule has 8 nitrogen and oxygen atoms in total. The standard InChI is InChI=1S/C21H27NO7/c1-4-14(2)20(21(25)26-3)22-18(23)13-29-19(24)9-7-15-6-8-16-17(12-15)28-11-5-10-27-16/h6-9,12,14,20H,4-5,10-11,13H2,1-3H3,(H,22,23)/b9-7+/t14-,20+/m1/s1. The van der Waals surface area contributed by atoms with Crippen molar-refractivity contribution in [1.82, 2.24) is 5.32 Å². The highest BCUT2D eigenvalue weighted by Crippen LogP contribution is 2.30. The van der Waals surface area contributed by atoms with Gasteiger partial charge in [0.15, 0.2) is 18.1 Å². The van der Waals surface area contributed by atoms with Crippen molar-refractivity contribution in [3.05, 3.63) is 29.8 Å². The van der Waals surface area contributed by atoms with E-state index in [1.54, 1.807) is 24.3 Å². The average molecular weight is 405 g/mol. The van der Waals surface area contributed by atoms with Crippen LogP contribution in [-0.2, 0) is 23.9 Å². The largest absolute Gasteiger partial charge is 0.490 e. The number of fused-ring (bicyclic) bond motifs is 1. The lowest BCUT2D eigenvalue weighted by molar-refractivity contribution is -0.148. The second-order valence-corrected chi connectivity index (χ2v) is 6.65. The van der Waals surface area contributed by atoms with Crippen molar-refractivity contribution in [2.75, 3.05) is 26.9 Å². The molecular formula is C21H27NO7. The van der Waals surface area contributed by atoms with Crippen molar-refractivity contribution in [2.45, 2.75) is 32.7 Å². The minimum absolute atomic E-state index is 0.110. The predicted octanol–water partition coefficient (Wildman–Crippen LogP) is 2.11. The normalized spacial score (nSPS) is 15.1. The van der Waals surface area contributed by atoms with E-state index in [0.29, 0.717) is 31.1 Å². The van der Waals surface area contributed by atoms with Crippen LogP contribution in [0.3, 0.4) is 0 Å². The SMILES string of the molecule is CC[C@@H](C)[C@H](NC(=O)COC(=O)/C=C/c1ccc2c(c1)OCCCO2)C(=O)OC. The number of benzene rings is 1. The molecule has 1 heterocycles. The van der Waals surface area contributed by atoms with E-state index in [1.807, 2.05) is 13.8 Å². The molecule has 0 aromatic heterocycles. The summed E-state index contributed by atoms with van der Waals surface area (Å²) in [5.74, 6) is -0.602. The van der Waals surface area contributed by atoms with E-state index in [2.05, 4.69) is 5.32 Å². The zero-order valence-electron chi connectivity index (χ0n) is 16.9. The van der Waals surface area contributed by atoms with Gasteiger partial charge in [-0.2, -0.15) is 0 Å². The Bertz CT molecular complexity index is 759. The number of carbonyl (C=O) groups is 3. The molecule has 0 unspecified atom stereocenters. The quantitative estimate of drug-likeness (QED) is 0.522. The molecule has 0 bridgehead atoms. The summed E-state index contributed by atoms with van der Waals surface area (Å²) in [7, 11) is 1.26. The van der Waals surface area contributed by atoms with Crippen LogP contribution in [0.25, 0.3) is 6.08 Å². The highest BCUT2D eigenvalue weighted by Gasteiger charge is 2.26. The maximum atomic E-state index is 12.0. The number of ether oxygens (including phenoxy) is 4. The molecule has 0 fully saturated rings. The maximum absolute atomic E-state index is 12.0. The molecule has 2 rings (SSSR count). The predicted molar refractivity (Wildman–Crippen MR) is 105 cm³/mol. The molecule has 0 aliphatic carbocycles. The summed E-state index contributed by atoms with van der Waals surface area (Å²) in [5.41, 5.74) is 0.734. The van der Waals surface area contributed by atoms with Crippen LogP contribution in [0.1, 0.15) is 32.3 Å². The molecule has 8 heteroatoms. The minimum Gasteiger partial charge on any atom is -0.490 e. The van der Waals surface area contributed by atoms with E-state index >= 15 is 0 Å². The Labute approximate surface area is 170 Å². The van der Waals surface area contributed by atoms with Crippen molar-refractivity contribution < 1.29 is 33.3 Å². The summed E-state index contributed by atoms with van der Waals surface area (Å²) < 4.78 is 20.8. The van der Waals surface area contributed by atoms with Gasteiger partial charge in [-0.25, -0.2) is 9.59 Å². The highest BCUT2D eigenvalue weighted by molar-refractivity contribution is 5.90. The lowest BCUT2D eigenvalue weighted by Gasteiger charge is -2.21. The topological polar surface area (TPSA) is 100 Å². The summed E-state index contributed by atoms with van der Waals surface area (Å²) >= 11 is 0. The lowest BCUT2D eigenvalue weighted by atomic mass is 9.99. The number of hydrogen-bond acceptors (Lipinski definition) is 7. The van der Waals surface area contributed by atoms with Crippen LogP contribution in [0, 0.1) is 5.92 Å². The first-order valence-electron chi connectivity index (χ1n) is 9.56. The molecule has 0 saturated carbocycles. The second kappa shape index (κ2) is 11.1. The lowest BCUT2D eigenvalue weighted by Crippen LogP contribution is -2.47. The third kappa shape index (κ3) is 6.81. The Morgan fingerprint density at radius 3 is 2.62 bits per heavy atom. The molecule has 158 valence electrons. The van der Waals surface area contributed by atoms with Crippen LogP contribution < -0.4 is 14.8 Å². The van der Waals surface area contributed by atoms with Crippen LogP contribution in [-0.4, -0.2) is 50.8 Å². The van der Waals surface area contributed by atoms with Gasteiger partial charge in [-0.1, -0.05) is 26.3 Å². The molecule has 1 aromatic carbocycles. The Morgan fingerprint density at radius 1 is 1.21 bits per heavy atom. The van der Waals surface area contributed by atoms with Gasteiger partial charge < -0.3 is 24.3 Å². The van der Waals surface area contributed by atoms with Crippen LogP contribution in [0.15, 0.2) is 24.3 Å². The van der Waals surface area contributed by atoms with Crippen molar-refractivity contribution in [3.8, 4) is 11.5 Å². The third-order valence-corrected chi connectivity index (χ3v) is 4.51. The summed E-state index contributed by atoms with van der Waals surface area (Å²) in [6.45, 7) is 4.41. The number of hydrogen-bond donors (Lipinski definition) is 1. The molecule has 1 N–H and O–H groups in total. The summed E-state index contributed by atoms with van der Waals surface area (Å²) in [4.78, 5) is 35.7. The van der Waals surface area contributed by atoms with Gasteiger partial charge in [-0.3, -0.25) is 4.79 Å². The van der Waals surface area contributed by atoms with Crippen molar-refractivity contribution in [2.24, 2.45) is 5.92 Å². The molecule has 29 heavy (non-hydrogen) atoms. The summed E-state index contributed by atoms with van der Waals surface area (Å²) in [6, 6.07) is 4.55. The minimum atomic E-state index is -0.784. The van der Waals surface area contributed by atoms with Crippen molar-refractivity contribution >= 4 is 23.9 Å². The van der Waals surface area contributed by atoms with E-state index in [-0.39, 0.29) is 5.92 Å². The summed E-state index contributed by atoms with van der Waals surface area (Å²) in [6.07, 6.45) is 4.27. The van der Waals surface area contributed by atoms with E-state index in [1.165, 1.54) is 13.2 Å². The van der Waals surface area contributed by atoms with Gasteiger partial charge in [0.25, 0.3) is 5.91 Å². The Hall–Kier alpha value is -3.03. The Balaban J connectivity index is 1.86. The zero-order chi connectivity index (χ0) is 21.2. The molecule has 1 aliphatic rings. The fraction of sp³-hybridized carbons (Fsp3) is 0.476. The molecule has 1 aliphatic heterocycles. The van der Waals surface area contributed by atoms with Gasteiger partial charge in [0.1, 0.15) is 6.04 Å². The highest BCUT2D eigenvalue weighted by atomic mass is 16.5. The first-order chi connectivity index (χ1) is 13.9. The van der Waals surface area contributed by atoms with Crippen LogP contribution >= 0.6 is 0 Å². The fourth-order valence-electron chi connectivity index (χ4n) is 2.64. The molecule has 0 radical (unpaired) electrons. The van der Waals surface area contributed by atoms with Gasteiger partial charge in [0.2, 0.25) is 0 Å². The van der Waals surface area contributed by atoms with Crippen molar-refractivity contribution in [1.29, 1.82) is 0 Å². The van der Waals surface area contributed by atoms with Crippen LogP contribution in [0.5, 0.6) is 11.5 Å². The van der Waals surface area contributed by atoms with Gasteiger partial charge in [-0.15, -0.1) is 0 Å². The number of carbonyl (C=O) groups excluding carboxylic acids is 3. The monoisotopic (exact) mass is 405 g/mol. The second-order valence-electron chi connectivity index (χ2n) is 6.65. The first kappa shape index (κ1) is 22.3. The molecule has 1 amide bonds. The number of rotatable bonds is 8. The molecule has 1 aromatic rings. The van der Waals surface area contributed by atoms with E-state index in [0.717, 1.165) is 12.0 Å². The number of methoxy groups -OCH3 is 1. The number of esters is 2. The number of amides is 1. The number of nitrogens with one attached hydrogen (secondary N) is 1. The molecule has 2 atom stereocenters. The molecule has 0 saturated heterocycles. The van der Waals surface area contributed by atoms with Crippen molar-refractivity contribution in [3.63, 3.8) is 0 Å². The van der Waals surface area contributed by atoms with Crippen LogP contribution in [0.2, 0.25) is 0 Å². The molecule has 0 spiro atoms. The van der Waals surface area contributed by atoms with Gasteiger partial charge in [0, 0.05) is 12.5 Å². The van der Waals surface area contributed by atoms with Gasteiger partial charge in [-0.05, 0) is 29.7 Å². The fourth-order valence-corrected chi connectivity index (χ4v) is 2.64. The van der Waals surface area contributed by atoms with Gasteiger partial charge >= 0.3 is 11.9 Å². The van der Waals surface area contributed by atoms with E-state index in [9.17, 15) is 14.4 Å². The summed E-state index contributed by atoms with van der Waals surface area (Å²) in [5, 5.41) is 2.54. The molecular weight excluding hydrogens is 378 g/mol.